The second kappa shape index (κ2) is 10.3. The van der Waals surface area contributed by atoms with Gasteiger partial charge in [0.1, 0.15) is 29.1 Å². The summed E-state index contributed by atoms with van der Waals surface area (Å²) in [6.07, 6.45) is 6.11. The van der Waals surface area contributed by atoms with E-state index in [1.165, 1.54) is 17.0 Å². The summed E-state index contributed by atoms with van der Waals surface area (Å²) in [6.45, 7) is 3.86. The van der Waals surface area contributed by atoms with E-state index >= 15 is 0 Å². The molecule has 1 atom stereocenters. The lowest BCUT2D eigenvalue weighted by molar-refractivity contribution is 0.0931. The van der Waals surface area contributed by atoms with Crippen molar-refractivity contribution in [1.29, 1.82) is 0 Å². The lowest BCUT2D eigenvalue weighted by atomic mass is 10.0. The van der Waals surface area contributed by atoms with E-state index in [0.29, 0.717) is 11.7 Å². The Morgan fingerprint density at radius 2 is 1.82 bits per heavy atom. The average molecular weight is 589 g/mol. The maximum Gasteiger partial charge on any atom is 0.270 e. The smallest absolute Gasteiger partial charge is 0.270 e. The van der Waals surface area contributed by atoms with Crippen molar-refractivity contribution >= 4 is 34.1 Å². The van der Waals surface area contributed by atoms with Crippen LogP contribution in [0.4, 0.5) is 5.69 Å². The van der Waals surface area contributed by atoms with Gasteiger partial charge in [0.05, 0.1) is 6.04 Å². The maximum absolute atomic E-state index is 13.1. The zero-order valence-electron chi connectivity index (χ0n) is 23.1. The standard InChI is InChI=1S/C31H24N8O5/c1-15-36-29(38-44-15)18-4-6-21-17(9-18)5-7-22(21)37-31(43)24-10-23(34-14-35-24)30(42)33-11-16-2-3-19-12-39(13-20(19)8-16)26-25(32)27(40)28(26)41/h2-4,6,8-10,12-14,22H,1,5,7,11,32H2,(H,33,42)(H,36,38)(H,37,43)/t22-/m0/s1. The minimum Gasteiger partial charge on any atom is -0.394 e. The highest BCUT2D eigenvalue weighted by Crippen LogP contribution is 2.32. The molecule has 0 saturated carbocycles. The number of benzene rings is 2. The largest absolute Gasteiger partial charge is 0.394 e. The minimum absolute atomic E-state index is 0.0538. The third kappa shape index (κ3) is 4.65. The van der Waals surface area contributed by atoms with Crippen LogP contribution >= 0.6 is 0 Å². The molecule has 3 heterocycles. The van der Waals surface area contributed by atoms with Gasteiger partial charge in [-0.1, -0.05) is 24.3 Å². The Bertz CT molecular complexity index is 2140. The Labute approximate surface area is 248 Å². The van der Waals surface area contributed by atoms with Crippen LogP contribution in [0, 0.1) is 0 Å². The number of carbonyl (C=O) groups is 2. The van der Waals surface area contributed by atoms with Gasteiger partial charge in [-0.2, -0.15) is 4.99 Å². The van der Waals surface area contributed by atoms with Gasteiger partial charge in [0.15, 0.2) is 5.84 Å². The normalized spacial score (nSPS) is 15.5. The molecule has 2 aliphatic rings. The topological polar surface area (TPSA) is 183 Å². The molecule has 3 aromatic carbocycles. The number of anilines is 1. The van der Waals surface area contributed by atoms with E-state index in [0.717, 1.165) is 45.9 Å². The highest BCUT2D eigenvalue weighted by Gasteiger charge is 2.27. The van der Waals surface area contributed by atoms with Gasteiger partial charge in [0.25, 0.3) is 22.7 Å². The SMILES string of the molecule is C=C1N=C(c2ccc3c(c2)CC[C@@H]3NC(=O)c2cc(C(=O)NCc3ccc4cn(-c5c(N)c(=O)c5=O)cc4c3)ncn2)NO1. The highest BCUT2D eigenvalue weighted by atomic mass is 16.7. The van der Waals surface area contributed by atoms with E-state index in [-0.39, 0.29) is 35.3 Å². The number of hydrogen-bond acceptors (Lipinski definition) is 10. The molecule has 0 unspecified atom stereocenters. The molecule has 1 aliphatic carbocycles. The van der Waals surface area contributed by atoms with Crippen molar-refractivity contribution in [2.75, 3.05) is 5.73 Å². The Morgan fingerprint density at radius 3 is 2.59 bits per heavy atom. The fourth-order valence-corrected chi connectivity index (χ4v) is 5.51. The number of nitrogens with two attached hydrogens (primary N) is 1. The summed E-state index contributed by atoms with van der Waals surface area (Å²) in [5.41, 5.74) is 11.1. The number of fused-ring (bicyclic) bond motifs is 2. The summed E-state index contributed by atoms with van der Waals surface area (Å²) in [4.78, 5) is 66.8. The summed E-state index contributed by atoms with van der Waals surface area (Å²) in [7, 11) is 0. The number of aryl methyl sites for hydroxylation is 1. The average Bonchev–Trinajstić information content (AvgIpc) is 3.77. The van der Waals surface area contributed by atoms with E-state index < -0.39 is 22.7 Å². The number of nitrogens with zero attached hydrogens (tertiary/aromatic N) is 4. The van der Waals surface area contributed by atoms with Gasteiger partial charge in [-0.15, -0.1) is 0 Å². The van der Waals surface area contributed by atoms with Gasteiger partial charge in [-0.3, -0.25) is 19.2 Å². The van der Waals surface area contributed by atoms with Gasteiger partial charge in [0, 0.05) is 36.0 Å². The predicted molar refractivity (Wildman–Crippen MR) is 161 cm³/mol. The second-order valence-corrected chi connectivity index (χ2v) is 10.6. The zero-order chi connectivity index (χ0) is 30.5. The van der Waals surface area contributed by atoms with Crippen molar-refractivity contribution in [2.24, 2.45) is 4.99 Å². The number of nitrogens with one attached hydrogen (secondary N) is 3. The van der Waals surface area contributed by atoms with E-state index in [9.17, 15) is 19.2 Å². The molecule has 218 valence electrons. The van der Waals surface area contributed by atoms with Crippen LogP contribution < -0.4 is 32.7 Å². The van der Waals surface area contributed by atoms with Crippen molar-refractivity contribution in [3.05, 3.63) is 128 Å². The number of hydrogen-bond donors (Lipinski definition) is 4. The number of nitrogen functional groups attached to an aromatic ring is 1. The van der Waals surface area contributed by atoms with Crippen molar-refractivity contribution in [2.45, 2.75) is 25.4 Å². The molecule has 0 radical (unpaired) electrons. The fourth-order valence-electron chi connectivity index (χ4n) is 5.51. The third-order valence-corrected chi connectivity index (χ3v) is 7.77. The predicted octanol–water partition coefficient (Wildman–Crippen LogP) is 1.70. The second-order valence-electron chi connectivity index (χ2n) is 10.6. The van der Waals surface area contributed by atoms with Crippen LogP contribution in [0.2, 0.25) is 0 Å². The number of amides is 2. The molecule has 0 saturated heterocycles. The summed E-state index contributed by atoms with van der Waals surface area (Å²) in [6, 6.07) is 12.6. The molecule has 0 bridgehead atoms. The Balaban J connectivity index is 0.998. The molecule has 0 fully saturated rings. The Kier molecular flexibility index (Phi) is 6.27. The molecule has 2 amide bonds. The number of amidine groups is 1. The van der Waals surface area contributed by atoms with Crippen molar-refractivity contribution in [3.63, 3.8) is 0 Å². The number of aromatic nitrogens is 3. The number of hydroxylamine groups is 1. The number of aliphatic imine (C=N–C) groups is 1. The maximum atomic E-state index is 13.1. The quantitative estimate of drug-likeness (QED) is 0.206. The van der Waals surface area contributed by atoms with E-state index in [4.69, 9.17) is 10.6 Å². The van der Waals surface area contributed by atoms with E-state index in [2.05, 4.69) is 37.7 Å². The van der Waals surface area contributed by atoms with Crippen LogP contribution in [0.3, 0.4) is 0 Å². The van der Waals surface area contributed by atoms with Crippen molar-refractivity contribution < 1.29 is 14.4 Å². The van der Waals surface area contributed by atoms with Gasteiger partial charge in [-0.05, 0) is 53.6 Å². The molecule has 2 aromatic heterocycles. The van der Waals surface area contributed by atoms with Crippen molar-refractivity contribution in [1.82, 2.24) is 30.6 Å². The Hall–Kier alpha value is -6.11. The van der Waals surface area contributed by atoms with Gasteiger partial charge >= 0.3 is 0 Å². The monoisotopic (exact) mass is 588 g/mol. The molecule has 5 aromatic rings. The Morgan fingerprint density at radius 1 is 1.02 bits per heavy atom. The van der Waals surface area contributed by atoms with E-state index in [1.807, 2.05) is 36.4 Å². The summed E-state index contributed by atoms with van der Waals surface area (Å²) in [5, 5.41) is 7.47. The van der Waals surface area contributed by atoms with Gasteiger partial charge in [0.2, 0.25) is 5.88 Å². The fraction of sp³-hybridized carbons (Fsp3) is 0.129. The molecule has 1 aliphatic heterocycles. The first-order chi connectivity index (χ1) is 21.2. The highest BCUT2D eigenvalue weighted by molar-refractivity contribution is 6.00. The van der Waals surface area contributed by atoms with Crippen LogP contribution in [0.15, 0.2) is 88.2 Å². The molecular weight excluding hydrogens is 564 g/mol. The molecule has 0 spiro atoms. The lowest BCUT2D eigenvalue weighted by Gasteiger charge is -2.14. The van der Waals surface area contributed by atoms with Crippen LogP contribution in [-0.4, -0.2) is 32.2 Å². The number of rotatable bonds is 7. The van der Waals surface area contributed by atoms with Gasteiger partial charge in [-0.25, -0.2) is 15.4 Å². The summed E-state index contributed by atoms with van der Waals surface area (Å²) >= 11 is 0. The van der Waals surface area contributed by atoms with Crippen LogP contribution in [0.1, 0.15) is 55.7 Å². The van der Waals surface area contributed by atoms with Gasteiger partial charge < -0.3 is 25.8 Å². The van der Waals surface area contributed by atoms with E-state index in [1.54, 1.807) is 12.4 Å². The molecule has 13 heteroatoms. The first kappa shape index (κ1) is 26.8. The van der Waals surface area contributed by atoms with Crippen LogP contribution in [0.25, 0.3) is 16.5 Å². The number of carbonyl (C=O) groups excluding carboxylic acids is 2. The molecule has 7 rings (SSSR count). The molecule has 13 nitrogen and oxygen atoms in total. The molecular formula is C31H24N8O5. The van der Waals surface area contributed by atoms with Crippen LogP contribution in [0.5, 0.6) is 0 Å². The summed E-state index contributed by atoms with van der Waals surface area (Å²) in [5.74, 6) is 0.00158. The zero-order valence-corrected chi connectivity index (χ0v) is 23.1. The first-order valence-electron chi connectivity index (χ1n) is 13.7. The van der Waals surface area contributed by atoms with Crippen LogP contribution in [-0.2, 0) is 17.8 Å². The third-order valence-electron chi connectivity index (χ3n) is 7.77. The summed E-state index contributed by atoms with van der Waals surface area (Å²) < 4.78 is 1.54. The molecule has 44 heavy (non-hydrogen) atoms. The minimum atomic E-state index is -0.680. The van der Waals surface area contributed by atoms with Crippen molar-refractivity contribution in [3.8, 4) is 5.69 Å². The first-order valence-corrected chi connectivity index (χ1v) is 13.7. The molecule has 5 N–H and O–H groups in total. The lowest BCUT2D eigenvalue weighted by Crippen LogP contribution is -2.38.